The first-order chi connectivity index (χ1) is 9.86. The maximum absolute atomic E-state index is 11.9. The first-order valence-electron chi connectivity index (χ1n) is 7.98. The lowest BCUT2D eigenvalue weighted by Crippen LogP contribution is -2.34. The number of benzene rings is 1. The average Bonchev–Trinajstić information content (AvgIpc) is 2.44. The van der Waals surface area contributed by atoms with Gasteiger partial charge in [0.1, 0.15) is 0 Å². The van der Waals surface area contributed by atoms with Crippen LogP contribution >= 0.6 is 0 Å². The smallest absolute Gasteiger partial charge is 0.225 e. The number of anilines is 1. The summed E-state index contributed by atoms with van der Waals surface area (Å²) in [5.74, 6) is 0.876. The molecule has 0 aromatic heterocycles. The Morgan fingerprint density at radius 2 is 1.95 bits per heavy atom. The summed E-state index contributed by atoms with van der Waals surface area (Å²) < 4.78 is 0. The predicted molar refractivity (Wildman–Crippen MR) is 88.4 cm³/mol. The van der Waals surface area contributed by atoms with Crippen LogP contribution in [0.4, 0.5) is 5.69 Å². The number of nitrogens with zero attached hydrogens (tertiary/aromatic N) is 1. The first-order valence-corrected chi connectivity index (χ1v) is 7.98. The van der Waals surface area contributed by atoms with Crippen molar-refractivity contribution in [1.29, 1.82) is 0 Å². The zero-order chi connectivity index (χ0) is 15.5. The summed E-state index contributed by atoms with van der Waals surface area (Å²) in [4.78, 5) is 14.3. The van der Waals surface area contributed by atoms with E-state index >= 15 is 0 Å². The number of carbonyl (C=O) groups is 1. The number of piperidine rings is 1. The molecule has 0 bridgehead atoms. The minimum atomic E-state index is -0.329. The molecule has 0 saturated carbocycles. The quantitative estimate of drug-likeness (QED) is 0.922. The lowest BCUT2D eigenvalue weighted by atomic mass is 9.95. The summed E-state index contributed by atoms with van der Waals surface area (Å²) in [7, 11) is 0. The van der Waals surface area contributed by atoms with Gasteiger partial charge in [0.15, 0.2) is 0 Å². The summed E-state index contributed by atoms with van der Waals surface area (Å²) in [5.41, 5.74) is 2.12. The number of hydrogen-bond donors (Lipinski definition) is 1. The van der Waals surface area contributed by atoms with Gasteiger partial charge >= 0.3 is 0 Å². The van der Waals surface area contributed by atoms with Crippen LogP contribution < -0.4 is 10.2 Å². The van der Waals surface area contributed by atoms with Crippen LogP contribution in [-0.2, 0) is 11.3 Å². The van der Waals surface area contributed by atoms with E-state index < -0.39 is 0 Å². The van der Waals surface area contributed by atoms with Crippen LogP contribution in [0.25, 0.3) is 0 Å². The number of nitrogens with one attached hydrogen (secondary N) is 1. The van der Waals surface area contributed by atoms with Crippen LogP contribution in [0.5, 0.6) is 0 Å². The second-order valence-corrected chi connectivity index (χ2v) is 7.29. The fourth-order valence-corrected chi connectivity index (χ4v) is 2.70. The van der Waals surface area contributed by atoms with Crippen molar-refractivity contribution >= 4 is 11.6 Å². The van der Waals surface area contributed by atoms with E-state index in [1.165, 1.54) is 18.5 Å². The Morgan fingerprint density at radius 1 is 1.29 bits per heavy atom. The van der Waals surface area contributed by atoms with Crippen LogP contribution in [0, 0.1) is 11.3 Å². The normalized spacial score (nSPS) is 19.4. The molecule has 3 nitrogen and oxygen atoms in total. The van der Waals surface area contributed by atoms with Gasteiger partial charge in [-0.15, -0.1) is 0 Å². The number of hydrogen-bond acceptors (Lipinski definition) is 2. The van der Waals surface area contributed by atoms with Crippen LogP contribution in [0.2, 0.25) is 0 Å². The molecule has 2 rings (SSSR count). The van der Waals surface area contributed by atoms with Gasteiger partial charge in [0.25, 0.3) is 0 Å². The van der Waals surface area contributed by atoms with Crippen LogP contribution in [0.15, 0.2) is 24.3 Å². The van der Waals surface area contributed by atoms with Crippen LogP contribution in [-0.4, -0.2) is 19.0 Å². The zero-order valence-corrected chi connectivity index (χ0v) is 13.8. The van der Waals surface area contributed by atoms with Crippen molar-refractivity contribution in [2.45, 2.75) is 47.1 Å². The molecular formula is C18H28N2O. The number of amides is 1. The molecule has 1 aliphatic heterocycles. The third kappa shape index (κ3) is 4.48. The zero-order valence-electron chi connectivity index (χ0n) is 13.8. The fourth-order valence-electron chi connectivity index (χ4n) is 2.70. The lowest BCUT2D eigenvalue weighted by Gasteiger charge is -2.32. The fraction of sp³-hybridized carbons (Fsp3) is 0.611. The predicted octanol–water partition coefficient (Wildman–Crippen LogP) is 3.59. The van der Waals surface area contributed by atoms with Crippen molar-refractivity contribution in [3.63, 3.8) is 0 Å². The topological polar surface area (TPSA) is 32.3 Å². The van der Waals surface area contributed by atoms with Crippen molar-refractivity contribution < 1.29 is 4.79 Å². The largest absolute Gasteiger partial charge is 0.371 e. The highest BCUT2D eigenvalue weighted by Gasteiger charge is 2.20. The maximum atomic E-state index is 11.9. The summed E-state index contributed by atoms with van der Waals surface area (Å²) in [6, 6.07) is 8.60. The van der Waals surface area contributed by atoms with Gasteiger partial charge in [-0.2, -0.15) is 0 Å². The van der Waals surface area contributed by atoms with Gasteiger partial charge in [0.2, 0.25) is 5.91 Å². The summed E-state index contributed by atoms with van der Waals surface area (Å²) >= 11 is 0. The Labute approximate surface area is 128 Å². The molecule has 0 aliphatic carbocycles. The molecule has 1 aromatic carbocycles. The van der Waals surface area contributed by atoms with E-state index in [9.17, 15) is 4.79 Å². The molecule has 1 amide bonds. The third-order valence-corrected chi connectivity index (χ3v) is 4.09. The standard InChI is InChI=1S/C18H28N2O/c1-14-6-5-11-20(13-14)16-9-7-15(8-10-16)12-19-17(21)18(2,3)4/h7-10,14H,5-6,11-13H2,1-4H3,(H,19,21)/t14-/m0/s1. The van der Waals surface area contributed by atoms with Gasteiger partial charge in [0, 0.05) is 30.7 Å². The summed E-state index contributed by atoms with van der Waals surface area (Å²) in [6.45, 7) is 11.0. The monoisotopic (exact) mass is 288 g/mol. The van der Waals surface area contributed by atoms with E-state index in [4.69, 9.17) is 0 Å². The Morgan fingerprint density at radius 3 is 2.52 bits per heavy atom. The molecule has 1 aliphatic rings. The minimum absolute atomic E-state index is 0.0939. The highest BCUT2D eigenvalue weighted by atomic mass is 16.2. The molecular weight excluding hydrogens is 260 g/mol. The first kappa shape index (κ1) is 15.9. The highest BCUT2D eigenvalue weighted by molar-refractivity contribution is 5.81. The van der Waals surface area contributed by atoms with E-state index in [1.807, 2.05) is 20.8 Å². The molecule has 3 heteroatoms. The van der Waals surface area contributed by atoms with E-state index in [0.29, 0.717) is 6.54 Å². The Balaban J connectivity index is 1.91. The van der Waals surface area contributed by atoms with Crippen molar-refractivity contribution in [1.82, 2.24) is 5.32 Å². The molecule has 1 aromatic rings. The third-order valence-electron chi connectivity index (χ3n) is 4.09. The van der Waals surface area contributed by atoms with Gasteiger partial charge < -0.3 is 10.2 Å². The van der Waals surface area contributed by atoms with Gasteiger partial charge in [-0.25, -0.2) is 0 Å². The van der Waals surface area contributed by atoms with E-state index in [0.717, 1.165) is 24.6 Å². The van der Waals surface area contributed by atoms with E-state index in [2.05, 4.69) is 41.4 Å². The minimum Gasteiger partial charge on any atom is -0.371 e. The summed E-state index contributed by atoms with van der Waals surface area (Å²) in [5, 5.41) is 2.99. The van der Waals surface area contributed by atoms with Gasteiger partial charge in [-0.05, 0) is 36.5 Å². The molecule has 1 saturated heterocycles. The Hall–Kier alpha value is -1.51. The Kier molecular flexibility index (Phi) is 4.92. The molecule has 1 fully saturated rings. The second-order valence-electron chi connectivity index (χ2n) is 7.29. The molecule has 1 atom stereocenters. The maximum Gasteiger partial charge on any atom is 0.225 e. The van der Waals surface area contributed by atoms with E-state index in [-0.39, 0.29) is 11.3 Å². The lowest BCUT2D eigenvalue weighted by molar-refractivity contribution is -0.128. The van der Waals surface area contributed by atoms with E-state index in [1.54, 1.807) is 0 Å². The Bertz CT molecular complexity index is 473. The van der Waals surface area contributed by atoms with Crippen molar-refractivity contribution in [3.05, 3.63) is 29.8 Å². The molecule has 1 heterocycles. The van der Waals surface area contributed by atoms with Crippen molar-refractivity contribution in [3.8, 4) is 0 Å². The highest BCUT2D eigenvalue weighted by Crippen LogP contribution is 2.23. The van der Waals surface area contributed by atoms with Crippen LogP contribution in [0.1, 0.15) is 46.1 Å². The summed E-state index contributed by atoms with van der Waals surface area (Å²) in [6.07, 6.45) is 2.62. The molecule has 0 unspecified atom stereocenters. The molecule has 0 spiro atoms. The van der Waals surface area contributed by atoms with Gasteiger partial charge in [-0.3, -0.25) is 4.79 Å². The van der Waals surface area contributed by atoms with Crippen LogP contribution in [0.3, 0.4) is 0 Å². The van der Waals surface area contributed by atoms with Crippen molar-refractivity contribution in [2.24, 2.45) is 11.3 Å². The number of carbonyl (C=O) groups excluding carboxylic acids is 1. The van der Waals surface area contributed by atoms with Crippen molar-refractivity contribution in [2.75, 3.05) is 18.0 Å². The molecule has 0 radical (unpaired) electrons. The van der Waals surface area contributed by atoms with Gasteiger partial charge in [0.05, 0.1) is 0 Å². The van der Waals surface area contributed by atoms with Gasteiger partial charge in [-0.1, -0.05) is 39.8 Å². The second kappa shape index (κ2) is 6.50. The molecule has 116 valence electrons. The molecule has 21 heavy (non-hydrogen) atoms. The SMILES string of the molecule is C[C@H]1CCCN(c2ccc(CNC(=O)C(C)(C)C)cc2)C1. The average molecular weight is 288 g/mol. The molecule has 1 N–H and O–H groups in total. The number of rotatable bonds is 3.